The summed E-state index contributed by atoms with van der Waals surface area (Å²) in [5.41, 5.74) is 1.62. The molecule has 0 unspecified atom stereocenters. The Balaban J connectivity index is 1.74. The SMILES string of the molecule is CC1(C)OB(c2cc(N3CCCCC3=O)cc(N3CCCCC3=O)c2)OC1(C)C. The molecule has 3 fully saturated rings. The fourth-order valence-corrected chi connectivity index (χ4v) is 4.20. The second-order valence-electron chi connectivity index (χ2n) is 9.38. The van der Waals surface area contributed by atoms with Gasteiger partial charge >= 0.3 is 7.12 Å². The predicted octanol–water partition coefficient (Wildman–Crippen LogP) is 3.02. The molecule has 1 aromatic rings. The van der Waals surface area contributed by atoms with Crippen molar-refractivity contribution < 1.29 is 18.9 Å². The Hall–Kier alpha value is -1.86. The summed E-state index contributed by atoms with van der Waals surface area (Å²) < 4.78 is 12.5. The molecule has 3 aliphatic heterocycles. The fourth-order valence-electron chi connectivity index (χ4n) is 4.20. The molecule has 0 spiro atoms. The van der Waals surface area contributed by atoms with Crippen LogP contribution in [0.1, 0.15) is 66.2 Å². The van der Waals surface area contributed by atoms with Crippen LogP contribution in [-0.2, 0) is 18.9 Å². The van der Waals surface area contributed by atoms with E-state index < -0.39 is 18.3 Å². The largest absolute Gasteiger partial charge is 0.494 e. The Morgan fingerprint density at radius 3 is 1.62 bits per heavy atom. The number of carbonyl (C=O) groups excluding carboxylic acids is 2. The lowest BCUT2D eigenvalue weighted by atomic mass is 9.78. The molecule has 6 nitrogen and oxygen atoms in total. The highest BCUT2D eigenvalue weighted by molar-refractivity contribution is 6.62. The summed E-state index contributed by atoms with van der Waals surface area (Å²) in [4.78, 5) is 28.8. The van der Waals surface area contributed by atoms with Gasteiger partial charge in [-0.15, -0.1) is 0 Å². The molecule has 0 aromatic heterocycles. The maximum absolute atomic E-state index is 12.6. The summed E-state index contributed by atoms with van der Waals surface area (Å²) in [7, 11) is -0.529. The van der Waals surface area contributed by atoms with Crippen molar-refractivity contribution in [2.75, 3.05) is 22.9 Å². The minimum Gasteiger partial charge on any atom is -0.399 e. The minimum atomic E-state index is -0.529. The van der Waals surface area contributed by atoms with Crippen LogP contribution in [0.3, 0.4) is 0 Å². The average molecular weight is 398 g/mol. The van der Waals surface area contributed by atoms with Crippen LogP contribution in [0.5, 0.6) is 0 Å². The van der Waals surface area contributed by atoms with Gasteiger partial charge in [0, 0.05) is 37.3 Å². The van der Waals surface area contributed by atoms with Crippen LogP contribution in [0.2, 0.25) is 0 Å². The molecule has 0 saturated carbocycles. The van der Waals surface area contributed by atoms with E-state index in [0.717, 1.165) is 42.5 Å². The Bertz CT molecular complexity index is 761. The van der Waals surface area contributed by atoms with Crippen molar-refractivity contribution in [3.8, 4) is 0 Å². The highest BCUT2D eigenvalue weighted by Gasteiger charge is 2.52. The van der Waals surface area contributed by atoms with Gasteiger partial charge in [-0.05, 0) is 77.0 Å². The first-order valence-electron chi connectivity index (χ1n) is 10.8. The first-order chi connectivity index (χ1) is 13.7. The number of carbonyl (C=O) groups is 2. The van der Waals surface area contributed by atoms with Gasteiger partial charge in [0.15, 0.2) is 0 Å². The number of hydrogen-bond acceptors (Lipinski definition) is 4. The van der Waals surface area contributed by atoms with E-state index in [4.69, 9.17) is 9.31 Å². The zero-order valence-corrected chi connectivity index (χ0v) is 18.0. The van der Waals surface area contributed by atoms with E-state index in [0.29, 0.717) is 25.9 Å². The molecule has 3 saturated heterocycles. The molecule has 0 aliphatic carbocycles. The van der Waals surface area contributed by atoms with E-state index in [1.807, 2.05) is 55.7 Å². The molecule has 156 valence electrons. The van der Waals surface area contributed by atoms with Crippen LogP contribution < -0.4 is 15.3 Å². The molecule has 0 N–H and O–H groups in total. The van der Waals surface area contributed by atoms with E-state index in [2.05, 4.69) is 0 Å². The van der Waals surface area contributed by atoms with Crippen LogP contribution >= 0.6 is 0 Å². The van der Waals surface area contributed by atoms with Crippen molar-refractivity contribution in [1.29, 1.82) is 0 Å². The Kier molecular flexibility index (Phi) is 5.24. The standard InChI is InChI=1S/C22H31BN2O4/c1-21(2)22(3,4)29-23(28-21)16-13-17(24-11-7-5-9-19(24)26)15-18(14-16)25-12-8-6-10-20(25)27/h13-15H,5-12H2,1-4H3. The van der Waals surface area contributed by atoms with E-state index in [1.54, 1.807) is 0 Å². The highest BCUT2D eigenvalue weighted by Crippen LogP contribution is 2.37. The summed E-state index contributed by atoms with van der Waals surface area (Å²) in [5.74, 6) is 0.275. The van der Waals surface area contributed by atoms with Crippen LogP contribution in [0.25, 0.3) is 0 Å². The molecule has 29 heavy (non-hydrogen) atoms. The predicted molar refractivity (Wildman–Crippen MR) is 115 cm³/mol. The van der Waals surface area contributed by atoms with Crippen molar-refractivity contribution in [3.63, 3.8) is 0 Å². The van der Waals surface area contributed by atoms with E-state index in [1.165, 1.54) is 0 Å². The Labute approximate surface area is 173 Å². The molecule has 0 atom stereocenters. The topological polar surface area (TPSA) is 59.1 Å². The maximum Gasteiger partial charge on any atom is 0.494 e. The molecule has 4 rings (SSSR count). The smallest absolute Gasteiger partial charge is 0.399 e. The molecule has 3 heterocycles. The van der Waals surface area contributed by atoms with Gasteiger partial charge in [0.1, 0.15) is 0 Å². The molecule has 0 bridgehead atoms. The van der Waals surface area contributed by atoms with Crippen molar-refractivity contribution in [3.05, 3.63) is 18.2 Å². The summed E-state index contributed by atoms with van der Waals surface area (Å²) in [5, 5.41) is 0. The van der Waals surface area contributed by atoms with E-state index >= 15 is 0 Å². The molecule has 1 aromatic carbocycles. The highest BCUT2D eigenvalue weighted by atomic mass is 16.7. The first-order valence-corrected chi connectivity index (χ1v) is 10.8. The van der Waals surface area contributed by atoms with Crippen molar-refractivity contribution >= 4 is 35.8 Å². The zero-order valence-electron chi connectivity index (χ0n) is 18.0. The zero-order chi connectivity index (χ0) is 20.8. The molecular weight excluding hydrogens is 367 g/mol. The lowest BCUT2D eigenvalue weighted by Crippen LogP contribution is -2.41. The van der Waals surface area contributed by atoms with Gasteiger partial charge in [0.05, 0.1) is 11.2 Å². The van der Waals surface area contributed by atoms with Gasteiger partial charge in [-0.1, -0.05) is 0 Å². The molecule has 2 amide bonds. The third kappa shape index (κ3) is 3.82. The van der Waals surface area contributed by atoms with Crippen LogP contribution in [-0.4, -0.2) is 43.2 Å². The second-order valence-corrected chi connectivity index (χ2v) is 9.38. The van der Waals surface area contributed by atoms with Crippen LogP contribution in [0.4, 0.5) is 11.4 Å². The summed E-state index contributed by atoms with van der Waals surface area (Å²) in [6.07, 6.45) is 4.99. The van der Waals surface area contributed by atoms with E-state index in [9.17, 15) is 9.59 Å². The second kappa shape index (κ2) is 7.44. The average Bonchev–Trinajstić information content (AvgIpc) is 2.89. The normalized spacial score (nSPS) is 24.3. The van der Waals surface area contributed by atoms with Crippen molar-refractivity contribution in [2.45, 2.75) is 77.4 Å². The van der Waals surface area contributed by atoms with Gasteiger partial charge in [-0.2, -0.15) is 0 Å². The van der Waals surface area contributed by atoms with Crippen LogP contribution in [0.15, 0.2) is 18.2 Å². The molecule has 7 heteroatoms. The van der Waals surface area contributed by atoms with Gasteiger partial charge in [0.25, 0.3) is 0 Å². The van der Waals surface area contributed by atoms with Gasteiger partial charge in [-0.3, -0.25) is 9.59 Å². The van der Waals surface area contributed by atoms with E-state index in [-0.39, 0.29) is 11.8 Å². The van der Waals surface area contributed by atoms with Gasteiger partial charge < -0.3 is 19.1 Å². The first kappa shape index (κ1) is 20.4. The minimum absolute atomic E-state index is 0.137. The molecule has 0 radical (unpaired) electrons. The van der Waals surface area contributed by atoms with Crippen molar-refractivity contribution in [1.82, 2.24) is 0 Å². The quantitative estimate of drug-likeness (QED) is 0.735. The number of nitrogens with zero attached hydrogens (tertiary/aromatic N) is 2. The molecular formula is C22H31BN2O4. The van der Waals surface area contributed by atoms with Gasteiger partial charge in [0.2, 0.25) is 11.8 Å². The monoisotopic (exact) mass is 398 g/mol. The number of benzene rings is 1. The molecule has 3 aliphatic rings. The number of piperidine rings is 2. The number of rotatable bonds is 3. The van der Waals surface area contributed by atoms with Crippen molar-refractivity contribution in [2.24, 2.45) is 0 Å². The fraction of sp³-hybridized carbons (Fsp3) is 0.636. The number of anilines is 2. The Morgan fingerprint density at radius 2 is 1.21 bits per heavy atom. The summed E-state index contributed by atoms with van der Waals surface area (Å²) in [6.45, 7) is 9.53. The Morgan fingerprint density at radius 1 is 0.759 bits per heavy atom. The lowest BCUT2D eigenvalue weighted by molar-refractivity contribution is -0.120. The summed E-state index contributed by atoms with van der Waals surface area (Å²) in [6, 6.07) is 5.95. The third-order valence-corrected chi connectivity index (χ3v) is 6.72. The van der Waals surface area contributed by atoms with Gasteiger partial charge in [-0.25, -0.2) is 0 Å². The number of amides is 2. The number of hydrogen-bond donors (Lipinski definition) is 0. The lowest BCUT2D eigenvalue weighted by Gasteiger charge is -2.32. The maximum atomic E-state index is 12.6. The van der Waals surface area contributed by atoms with Crippen LogP contribution in [0, 0.1) is 0 Å². The summed E-state index contributed by atoms with van der Waals surface area (Å²) >= 11 is 0. The third-order valence-electron chi connectivity index (χ3n) is 6.72.